The lowest BCUT2D eigenvalue weighted by atomic mass is 9.81. The Morgan fingerprint density at radius 2 is 1.41 bits per heavy atom. The molecule has 1 unspecified atom stereocenters. The average Bonchev–Trinajstić information content (AvgIpc) is 3.04. The summed E-state index contributed by atoms with van der Waals surface area (Å²) in [6, 6.07) is 13.3. The van der Waals surface area contributed by atoms with Crippen molar-refractivity contribution in [3.05, 3.63) is 58.7 Å². The lowest BCUT2D eigenvalue weighted by molar-refractivity contribution is 0.241. The molecule has 0 amide bonds. The van der Waals surface area contributed by atoms with E-state index < -0.39 is 0 Å². The van der Waals surface area contributed by atoms with Gasteiger partial charge in [0.15, 0.2) is 0 Å². The smallest absolute Gasteiger partial charge is 0.236 e. The summed E-state index contributed by atoms with van der Waals surface area (Å²) in [6.45, 7) is 24.5. The number of ether oxygens (including phenoxy) is 1. The quantitative estimate of drug-likeness (QED) is 0.448. The first-order valence-corrected chi connectivity index (χ1v) is 12.8. The Kier molecular flexibility index (Phi) is 7.45. The van der Waals surface area contributed by atoms with E-state index in [1.165, 1.54) is 22.3 Å². The van der Waals surface area contributed by atoms with Gasteiger partial charge in [-0.3, -0.25) is 0 Å². The van der Waals surface area contributed by atoms with E-state index in [0.717, 1.165) is 23.5 Å². The predicted molar refractivity (Wildman–Crippen MR) is 148 cm³/mol. The van der Waals surface area contributed by atoms with Crippen LogP contribution >= 0.6 is 0 Å². The van der Waals surface area contributed by atoms with Crippen molar-refractivity contribution in [2.45, 2.75) is 111 Å². The molecule has 3 heteroatoms. The fraction of sp³-hybridized carbons (Fsp3) is 0.548. The number of nitrogens with zero attached hydrogens (tertiary/aromatic N) is 2. The minimum absolute atomic E-state index is 0.00670. The molecule has 2 aromatic carbocycles. The van der Waals surface area contributed by atoms with Gasteiger partial charge in [0, 0.05) is 6.42 Å². The molecule has 0 aliphatic carbocycles. The van der Waals surface area contributed by atoms with Crippen LogP contribution in [-0.4, -0.2) is 17.7 Å². The summed E-state index contributed by atoms with van der Waals surface area (Å²) in [5.74, 6) is 1.44. The molecule has 0 spiro atoms. The molecule has 1 aliphatic rings. The first-order valence-electron chi connectivity index (χ1n) is 12.8. The van der Waals surface area contributed by atoms with E-state index in [1.807, 2.05) is 0 Å². The molecule has 1 heterocycles. The van der Waals surface area contributed by atoms with Gasteiger partial charge in [-0.1, -0.05) is 99.6 Å². The van der Waals surface area contributed by atoms with Crippen LogP contribution in [0.1, 0.15) is 117 Å². The Hall–Kier alpha value is -2.42. The Bertz CT molecular complexity index is 1070. The lowest BCUT2D eigenvalue weighted by Crippen LogP contribution is -2.15. The van der Waals surface area contributed by atoms with Crippen LogP contribution in [0.15, 0.2) is 46.4 Å². The van der Waals surface area contributed by atoms with Gasteiger partial charge < -0.3 is 4.74 Å². The Morgan fingerprint density at radius 1 is 0.824 bits per heavy atom. The molecule has 0 aromatic heterocycles. The van der Waals surface area contributed by atoms with Crippen molar-refractivity contribution in [3.63, 3.8) is 0 Å². The van der Waals surface area contributed by atoms with Gasteiger partial charge in [0.25, 0.3) is 0 Å². The van der Waals surface area contributed by atoms with E-state index in [1.54, 1.807) is 0 Å². The van der Waals surface area contributed by atoms with E-state index in [-0.39, 0.29) is 16.9 Å². The van der Waals surface area contributed by atoms with E-state index >= 15 is 0 Å². The fourth-order valence-corrected chi connectivity index (χ4v) is 4.46. The summed E-state index contributed by atoms with van der Waals surface area (Å²) in [7, 11) is 0. The molecule has 0 radical (unpaired) electrons. The van der Waals surface area contributed by atoms with E-state index in [9.17, 15) is 0 Å². The minimum Gasteiger partial charge on any atom is -0.473 e. The highest BCUT2D eigenvalue weighted by Crippen LogP contribution is 2.38. The highest BCUT2D eigenvalue weighted by molar-refractivity contribution is 6.41. The van der Waals surface area contributed by atoms with Gasteiger partial charge in [0.05, 0.1) is 11.4 Å². The third-order valence-electron chi connectivity index (χ3n) is 6.52. The molecule has 0 saturated carbocycles. The molecule has 0 bridgehead atoms. The molecule has 3 rings (SSSR count). The second-order valence-electron chi connectivity index (χ2n) is 12.4. The maximum atomic E-state index is 6.26. The molecular weight excluding hydrogens is 416 g/mol. The zero-order chi connectivity index (χ0) is 25.4. The number of benzene rings is 2. The van der Waals surface area contributed by atoms with E-state index in [4.69, 9.17) is 14.7 Å². The third-order valence-corrected chi connectivity index (χ3v) is 6.52. The summed E-state index contributed by atoms with van der Waals surface area (Å²) in [6.07, 6.45) is 0.832. The number of hydrogen-bond donors (Lipinski definition) is 0. The monoisotopic (exact) mass is 460 g/mol. The molecule has 1 saturated heterocycles. The van der Waals surface area contributed by atoms with Crippen LogP contribution < -0.4 is 0 Å². The van der Waals surface area contributed by atoms with Crippen molar-refractivity contribution in [3.8, 4) is 0 Å². The molecule has 184 valence electrons. The number of hydrogen-bond acceptors (Lipinski definition) is 3. The normalized spacial score (nSPS) is 19.5. The SMILES string of the molecule is CC1CC(=Nc2cc(C(C)(C)C)ccc2C(C)(C)C)C(=Nc2c(C(C)C)cccc2C(C)C)O1. The van der Waals surface area contributed by atoms with Gasteiger partial charge in [-0.2, -0.15) is 0 Å². The van der Waals surface area contributed by atoms with Crippen LogP contribution in [0, 0.1) is 0 Å². The van der Waals surface area contributed by atoms with Gasteiger partial charge in [-0.15, -0.1) is 0 Å². The lowest BCUT2D eigenvalue weighted by Gasteiger charge is -2.25. The van der Waals surface area contributed by atoms with Crippen molar-refractivity contribution in [1.29, 1.82) is 0 Å². The Labute approximate surface area is 207 Å². The molecular formula is C31H44N2O. The van der Waals surface area contributed by atoms with Gasteiger partial charge >= 0.3 is 0 Å². The summed E-state index contributed by atoms with van der Waals surface area (Å²) in [4.78, 5) is 10.4. The minimum atomic E-state index is -0.00670. The zero-order valence-corrected chi connectivity index (χ0v) is 23.2. The molecule has 2 aromatic rings. The summed E-state index contributed by atoms with van der Waals surface area (Å²) < 4.78 is 6.26. The van der Waals surface area contributed by atoms with Crippen LogP contribution in [0.3, 0.4) is 0 Å². The maximum Gasteiger partial charge on any atom is 0.236 e. The number of rotatable bonds is 4. The molecule has 34 heavy (non-hydrogen) atoms. The molecule has 0 N–H and O–H groups in total. The maximum absolute atomic E-state index is 6.26. The predicted octanol–water partition coefficient (Wildman–Crippen LogP) is 9.14. The van der Waals surface area contributed by atoms with Gasteiger partial charge in [0.1, 0.15) is 11.8 Å². The second kappa shape index (κ2) is 9.68. The van der Waals surface area contributed by atoms with Crippen LogP contribution in [0.25, 0.3) is 0 Å². The van der Waals surface area contributed by atoms with Crippen LogP contribution in [-0.2, 0) is 15.6 Å². The molecule has 1 aliphatic heterocycles. The van der Waals surface area contributed by atoms with Crippen LogP contribution in [0.5, 0.6) is 0 Å². The topological polar surface area (TPSA) is 34.0 Å². The molecule has 1 fully saturated rings. The van der Waals surface area contributed by atoms with Crippen molar-refractivity contribution in [2.75, 3.05) is 0 Å². The Balaban J connectivity index is 2.21. The zero-order valence-electron chi connectivity index (χ0n) is 23.2. The van der Waals surface area contributed by atoms with Crippen molar-refractivity contribution in [2.24, 2.45) is 9.98 Å². The van der Waals surface area contributed by atoms with E-state index in [0.29, 0.717) is 17.7 Å². The van der Waals surface area contributed by atoms with Gasteiger partial charge in [0.2, 0.25) is 5.90 Å². The standard InChI is InChI=1S/C31H44N2O/c1-19(2)23-13-12-14-24(20(3)4)28(23)33-29-27(17-21(5)34-29)32-26-18-22(30(6,7)8)15-16-25(26)31(9,10)11/h12-16,18-21H,17H2,1-11H3. The van der Waals surface area contributed by atoms with Crippen molar-refractivity contribution < 1.29 is 4.74 Å². The van der Waals surface area contributed by atoms with Gasteiger partial charge in [-0.25, -0.2) is 9.98 Å². The average molecular weight is 461 g/mol. The number of aliphatic imine (C=N–C) groups is 2. The highest BCUT2D eigenvalue weighted by Gasteiger charge is 2.29. The fourth-order valence-electron chi connectivity index (χ4n) is 4.46. The summed E-state index contributed by atoms with van der Waals surface area (Å²) in [5.41, 5.74) is 8.12. The highest BCUT2D eigenvalue weighted by atomic mass is 16.5. The van der Waals surface area contributed by atoms with E-state index in [2.05, 4.69) is 113 Å². The van der Waals surface area contributed by atoms with Crippen LogP contribution in [0.4, 0.5) is 11.4 Å². The van der Waals surface area contributed by atoms with Crippen LogP contribution in [0.2, 0.25) is 0 Å². The third kappa shape index (κ3) is 5.79. The largest absolute Gasteiger partial charge is 0.473 e. The first-order chi connectivity index (χ1) is 15.7. The Morgan fingerprint density at radius 3 is 1.91 bits per heavy atom. The van der Waals surface area contributed by atoms with Crippen molar-refractivity contribution >= 4 is 23.0 Å². The van der Waals surface area contributed by atoms with Crippen molar-refractivity contribution in [1.82, 2.24) is 0 Å². The summed E-state index contributed by atoms with van der Waals surface area (Å²) >= 11 is 0. The summed E-state index contributed by atoms with van der Waals surface area (Å²) in [5, 5.41) is 0. The number of para-hydroxylation sites is 1. The first kappa shape index (κ1) is 26.2. The second-order valence-corrected chi connectivity index (χ2v) is 12.4. The van der Waals surface area contributed by atoms with Gasteiger partial charge in [-0.05, 0) is 57.9 Å². The molecule has 1 atom stereocenters. The molecule has 3 nitrogen and oxygen atoms in total.